The van der Waals surface area contributed by atoms with Gasteiger partial charge >= 0.3 is 6.18 Å². The van der Waals surface area contributed by atoms with Crippen LogP contribution in [0.15, 0.2) is 48.1 Å². The van der Waals surface area contributed by atoms with Crippen LogP contribution in [0.5, 0.6) is 0 Å². The van der Waals surface area contributed by atoms with Crippen LogP contribution < -0.4 is 5.32 Å². The summed E-state index contributed by atoms with van der Waals surface area (Å²) >= 11 is 1.17. The molecule has 0 spiro atoms. The second kappa shape index (κ2) is 6.48. The van der Waals surface area contributed by atoms with Gasteiger partial charge in [-0.2, -0.15) is 13.2 Å². The van der Waals surface area contributed by atoms with Gasteiger partial charge in [0.2, 0.25) is 0 Å². The molecule has 1 N–H and O–H groups in total. The molecule has 3 aromatic rings. The highest BCUT2D eigenvalue weighted by Crippen LogP contribution is 2.32. The summed E-state index contributed by atoms with van der Waals surface area (Å²) in [7, 11) is 0. The number of aromatic nitrogens is 2. The van der Waals surface area contributed by atoms with Crippen LogP contribution in [0.4, 0.5) is 29.7 Å². The van der Waals surface area contributed by atoms with E-state index in [1.165, 1.54) is 35.7 Å². The van der Waals surface area contributed by atoms with Crippen LogP contribution in [0, 0.1) is 10.1 Å². The molecule has 0 aliphatic rings. The zero-order chi connectivity index (χ0) is 18.0. The summed E-state index contributed by atoms with van der Waals surface area (Å²) < 4.78 is 38.2. The van der Waals surface area contributed by atoms with Gasteiger partial charge in [0.25, 0.3) is 5.69 Å². The highest BCUT2D eigenvalue weighted by atomic mass is 32.1. The summed E-state index contributed by atoms with van der Waals surface area (Å²) in [5, 5.41) is 15.6. The molecule has 2 aromatic heterocycles. The fourth-order valence-electron chi connectivity index (χ4n) is 2.03. The van der Waals surface area contributed by atoms with Crippen LogP contribution in [0.25, 0.3) is 11.3 Å². The molecule has 128 valence electrons. The molecule has 0 bridgehead atoms. The van der Waals surface area contributed by atoms with Crippen LogP contribution in [-0.2, 0) is 6.18 Å². The van der Waals surface area contributed by atoms with Crippen LogP contribution in [0.1, 0.15) is 5.56 Å². The van der Waals surface area contributed by atoms with E-state index in [-0.39, 0.29) is 11.4 Å². The van der Waals surface area contributed by atoms with E-state index in [9.17, 15) is 23.3 Å². The Labute approximate surface area is 143 Å². The number of rotatable bonds is 4. The van der Waals surface area contributed by atoms with E-state index in [4.69, 9.17) is 0 Å². The fourth-order valence-corrected chi connectivity index (χ4v) is 2.77. The highest BCUT2D eigenvalue weighted by Gasteiger charge is 2.30. The van der Waals surface area contributed by atoms with Crippen LogP contribution >= 0.6 is 11.3 Å². The molecule has 0 saturated heterocycles. The Balaban J connectivity index is 1.83. The molecule has 2 heterocycles. The maximum absolute atomic E-state index is 12.7. The molecule has 0 amide bonds. The first kappa shape index (κ1) is 16.8. The van der Waals surface area contributed by atoms with E-state index in [2.05, 4.69) is 15.3 Å². The predicted molar refractivity (Wildman–Crippen MR) is 86.7 cm³/mol. The minimum absolute atomic E-state index is 0.169. The predicted octanol–water partition coefficient (Wildman–Crippen LogP) is 4.88. The number of nitrogens with one attached hydrogen (secondary N) is 1. The van der Waals surface area contributed by atoms with Crippen molar-refractivity contribution in [2.75, 3.05) is 5.32 Å². The molecule has 0 aliphatic carbocycles. The summed E-state index contributed by atoms with van der Waals surface area (Å²) in [4.78, 5) is 18.2. The Morgan fingerprint density at radius 3 is 2.72 bits per heavy atom. The number of alkyl halides is 3. The number of benzene rings is 1. The standard InChI is InChI=1S/C15H9F3N4O2S/c16-15(17,18)10-2-1-3-11(5-10)20-14-21-13(8-25-14)9-4-12(22(23)24)7-19-6-9/h1-8H,(H,20,21). The topological polar surface area (TPSA) is 81.0 Å². The number of nitro groups is 1. The van der Waals surface area contributed by atoms with Gasteiger partial charge in [0.15, 0.2) is 5.13 Å². The third-order valence-electron chi connectivity index (χ3n) is 3.18. The smallest absolute Gasteiger partial charge is 0.332 e. The molecule has 0 radical (unpaired) electrons. The number of nitrogens with zero attached hydrogens (tertiary/aromatic N) is 3. The van der Waals surface area contributed by atoms with Gasteiger partial charge in [-0.3, -0.25) is 15.1 Å². The second-order valence-electron chi connectivity index (χ2n) is 4.93. The van der Waals surface area contributed by atoms with Gasteiger partial charge in [-0.25, -0.2) is 4.98 Å². The molecule has 10 heteroatoms. The molecule has 6 nitrogen and oxygen atoms in total. The molecular formula is C15H9F3N4O2S. The van der Waals surface area contributed by atoms with Crippen molar-refractivity contribution in [2.45, 2.75) is 6.18 Å². The van der Waals surface area contributed by atoms with E-state index in [1.807, 2.05) is 0 Å². The monoisotopic (exact) mass is 366 g/mol. The lowest BCUT2D eigenvalue weighted by Gasteiger charge is -2.08. The number of hydrogen-bond donors (Lipinski definition) is 1. The maximum Gasteiger partial charge on any atom is 0.416 e. The molecule has 3 rings (SSSR count). The largest absolute Gasteiger partial charge is 0.416 e. The van der Waals surface area contributed by atoms with E-state index in [1.54, 1.807) is 5.38 Å². The number of halogens is 3. The first-order valence-corrected chi connectivity index (χ1v) is 7.70. The van der Waals surface area contributed by atoms with Gasteiger partial charge in [-0.15, -0.1) is 11.3 Å². The summed E-state index contributed by atoms with van der Waals surface area (Å²) in [6.07, 6.45) is -1.88. The lowest BCUT2D eigenvalue weighted by atomic mass is 10.2. The van der Waals surface area contributed by atoms with Crippen molar-refractivity contribution in [3.8, 4) is 11.3 Å². The zero-order valence-electron chi connectivity index (χ0n) is 12.3. The first-order chi connectivity index (χ1) is 11.8. The third kappa shape index (κ3) is 3.91. The quantitative estimate of drug-likeness (QED) is 0.526. The number of thiazole rings is 1. The average molecular weight is 366 g/mol. The average Bonchev–Trinajstić information content (AvgIpc) is 3.03. The third-order valence-corrected chi connectivity index (χ3v) is 3.93. The summed E-state index contributed by atoms with van der Waals surface area (Å²) in [5.41, 5.74) is 0.196. The van der Waals surface area contributed by atoms with Crippen molar-refractivity contribution >= 4 is 27.8 Å². The molecule has 1 aromatic carbocycles. The Bertz CT molecular complexity index is 927. The normalized spacial score (nSPS) is 11.3. The maximum atomic E-state index is 12.7. The Morgan fingerprint density at radius 1 is 1.20 bits per heavy atom. The van der Waals surface area contributed by atoms with Crippen molar-refractivity contribution in [2.24, 2.45) is 0 Å². The molecule has 25 heavy (non-hydrogen) atoms. The van der Waals surface area contributed by atoms with Crippen LogP contribution in [0.3, 0.4) is 0 Å². The van der Waals surface area contributed by atoms with Crippen molar-refractivity contribution in [3.63, 3.8) is 0 Å². The lowest BCUT2D eigenvalue weighted by molar-refractivity contribution is -0.385. The van der Waals surface area contributed by atoms with Gasteiger partial charge in [0.1, 0.15) is 6.20 Å². The van der Waals surface area contributed by atoms with Crippen molar-refractivity contribution < 1.29 is 18.1 Å². The SMILES string of the molecule is O=[N+]([O-])c1cncc(-c2csc(Nc3cccc(C(F)(F)F)c3)n2)c1. The second-order valence-corrected chi connectivity index (χ2v) is 5.79. The summed E-state index contributed by atoms with van der Waals surface area (Å²) in [6.45, 7) is 0. The Kier molecular flexibility index (Phi) is 4.36. The van der Waals surface area contributed by atoms with Gasteiger partial charge in [0.05, 0.1) is 16.2 Å². The lowest BCUT2D eigenvalue weighted by Crippen LogP contribution is -2.05. The van der Waals surface area contributed by atoms with E-state index < -0.39 is 16.7 Å². The number of hydrogen-bond acceptors (Lipinski definition) is 6. The molecule has 0 fully saturated rings. The van der Waals surface area contributed by atoms with Crippen molar-refractivity contribution in [1.29, 1.82) is 0 Å². The van der Waals surface area contributed by atoms with Gasteiger partial charge in [0, 0.05) is 28.9 Å². The van der Waals surface area contributed by atoms with Crippen LogP contribution in [-0.4, -0.2) is 14.9 Å². The zero-order valence-corrected chi connectivity index (χ0v) is 13.1. The first-order valence-electron chi connectivity index (χ1n) is 6.82. The summed E-state index contributed by atoms with van der Waals surface area (Å²) in [5.74, 6) is 0. The molecular weight excluding hydrogens is 357 g/mol. The molecule has 0 unspecified atom stereocenters. The Morgan fingerprint density at radius 2 is 2.00 bits per heavy atom. The number of anilines is 2. The highest BCUT2D eigenvalue weighted by molar-refractivity contribution is 7.14. The molecule has 0 saturated carbocycles. The van der Waals surface area contributed by atoms with Gasteiger partial charge in [-0.1, -0.05) is 6.07 Å². The van der Waals surface area contributed by atoms with Crippen molar-refractivity contribution in [1.82, 2.24) is 9.97 Å². The van der Waals surface area contributed by atoms with Crippen LogP contribution in [0.2, 0.25) is 0 Å². The molecule has 0 aliphatic heterocycles. The molecule has 0 atom stereocenters. The van der Waals surface area contributed by atoms with Gasteiger partial charge in [-0.05, 0) is 18.2 Å². The summed E-state index contributed by atoms with van der Waals surface area (Å²) in [6, 6.07) is 6.08. The van der Waals surface area contributed by atoms with Crippen molar-refractivity contribution in [3.05, 3.63) is 63.8 Å². The number of pyridine rings is 1. The van der Waals surface area contributed by atoms with E-state index in [0.29, 0.717) is 16.4 Å². The fraction of sp³-hybridized carbons (Fsp3) is 0.0667. The van der Waals surface area contributed by atoms with Gasteiger partial charge < -0.3 is 5.32 Å². The van der Waals surface area contributed by atoms with E-state index in [0.717, 1.165) is 18.3 Å². The minimum Gasteiger partial charge on any atom is -0.332 e. The van der Waals surface area contributed by atoms with E-state index >= 15 is 0 Å². The Hall–Kier alpha value is -3.01. The minimum atomic E-state index is -4.43.